The van der Waals surface area contributed by atoms with Crippen molar-refractivity contribution in [3.8, 4) is 12.1 Å². The van der Waals surface area contributed by atoms with Gasteiger partial charge in [0.1, 0.15) is 6.07 Å². The fourth-order valence-corrected chi connectivity index (χ4v) is 1.20. The van der Waals surface area contributed by atoms with Crippen molar-refractivity contribution < 1.29 is 0 Å². The molecule has 0 aromatic heterocycles. The van der Waals surface area contributed by atoms with Crippen LogP contribution >= 0.6 is 0 Å². The maximum Gasteiger partial charge on any atom is 0.101 e. The minimum absolute atomic E-state index is 0.373. The van der Waals surface area contributed by atoms with E-state index in [1.165, 1.54) is 6.08 Å². The summed E-state index contributed by atoms with van der Waals surface area (Å²) in [7, 11) is 0. The zero-order chi connectivity index (χ0) is 11.8. The van der Waals surface area contributed by atoms with E-state index in [-0.39, 0.29) is 0 Å². The van der Waals surface area contributed by atoms with E-state index in [2.05, 4.69) is 11.9 Å². The van der Waals surface area contributed by atoms with E-state index >= 15 is 0 Å². The molecule has 0 amide bonds. The molecular formula is C13H11N3. The monoisotopic (exact) mass is 209 g/mol. The predicted octanol–water partition coefficient (Wildman–Crippen LogP) is 2.72. The van der Waals surface area contributed by atoms with Gasteiger partial charge in [-0.2, -0.15) is 10.5 Å². The molecule has 16 heavy (non-hydrogen) atoms. The van der Waals surface area contributed by atoms with Crippen molar-refractivity contribution in [2.24, 2.45) is 0 Å². The Morgan fingerprint density at radius 2 is 2.00 bits per heavy atom. The Labute approximate surface area is 94.9 Å². The molecule has 1 rings (SSSR count). The quantitative estimate of drug-likeness (QED) is 0.612. The maximum absolute atomic E-state index is 8.82. The van der Waals surface area contributed by atoms with E-state index in [1.807, 2.05) is 24.3 Å². The summed E-state index contributed by atoms with van der Waals surface area (Å²) in [5.41, 5.74) is 2.07. The molecule has 1 N–H and O–H groups in total. The smallest absolute Gasteiger partial charge is 0.101 e. The summed E-state index contributed by atoms with van der Waals surface area (Å²) < 4.78 is 0. The molecule has 0 bridgehead atoms. The number of hydrogen-bond donors (Lipinski definition) is 1. The van der Waals surface area contributed by atoms with Gasteiger partial charge in [0.05, 0.1) is 11.6 Å². The van der Waals surface area contributed by atoms with Crippen LogP contribution in [0.15, 0.2) is 43.0 Å². The molecule has 0 saturated heterocycles. The summed E-state index contributed by atoms with van der Waals surface area (Å²) in [6.07, 6.45) is 3.01. The average Bonchev–Trinajstić information content (AvgIpc) is 2.34. The largest absolute Gasteiger partial charge is 0.382 e. The summed E-state index contributed by atoms with van der Waals surface area (Å²) in [5.74, 6) is 0. The van der Waals surface area contributed by atoms with Gasteiger partial charge in [0, 0.05) is 18.3 Å². The van der Waals surface area contributed by atoms with Gasteiger partial charge in [0.25, 0.3) is 0 Å². The minimum atomic E-state index is 0.373. The highest BCUT2D eigenvalue weighted by molar-refractivity contribution is 5.78. The third kappa shape index (κ3) is 3.01. The predicted molar refractivity (Wildman–Crippen MR) is 64.3 cm³/mol. The van der Waals surface area contributed by atoms with E-state index in [4.69, 9.17) is 10.5 Å². The highest BCUT2D eigenvalue weighted by Gasteiger charge is 1.99. The van der Waals surface area contributed by atoms with E-state index < -0.39 is 0 Å². The van der Waals surface area contributed by atoms with Crippen LogP contribution < -0.4 is 5.32 Å². The summed E-state index contributed by atoms with van der Waals surface area (Å²) in [6.45, 7) is 4.30. The summed E-state index contributed by atoms with van der Waals surface area (Å²) in [4.78, 5) is 0. The molecule has 0 aliphatic heterocycles. The number of hydrogen-bond acceptors (Lipinski definition) is 3. The number of benzene rings is 1. The number of allylic oxidation sites excluding steroid dienone is 2. The maximum atomic E-state index is 8.82. The highest BCUT2D eigenvalue weighted by atomic mass is 14.8. The SMILES string of the molecule is C=CCNc1ccc(/C(C#N)=C/C#N)cc1. The van der Waals surface area contributed by atoms with Crippen molar-refractivity contribution in [3.05, 3.63) is 48.6 Å². The lowest BCUT2D eigenvalue weighted by atomic mass is 10.1. The van der Waals surface area contributed by atoms with Gasteiger partial charge >= 0.3 is 0 Å². The highest BCUT2D eigenvalue weighted by Crippen LogP contribution is 2.16. The van der Waals surface area contributed by atoms with E-state index in [9.17, 15) is 0 Å². The minimum Gasteiger partial charge on any atom is -0.382 e. The lowest BCUT2D eigenvalue weighted by molar-refractivity contribution is 1.34. The van der Waals surface area contributed by atoms with Gasteiger partial charge in [-0.3, -0.25) is 0 Å². The van der Waals surface area contributed by atoms with Crippen molar-refractivity contribution in [1.29, 1.82) is 10.5 Å². The van der Waals surface area contributed by atoms with Crippen LogP contribution in [0.2, 0.25) is 0 Å². The van der Waals surface area contributed by atoms with Gasteiger partial charge in [-0.1, -0.05) is 18.2 Å². The summed E-state index contributed by atoms with van der Waals surface area (Å²) in [6, 6.07) is 11.2. The topological polar surface area (TPSA) is 59.6 Å². The van der Waals surface area contributed by atoms with Crippen LogP contribution in [-0.2, 0) is 0 Å². The van der Waals surface area contributed by atoms with E-state index in [0.717, 1.165) is 11.3 Å². The normalized spacial score (nSPS) is 10.0. The van der Waals surface area contributed by atoms with Crippen molar-refractivity contribution in [3.63, 3.8) is 0 Å². The second-order valence-corrected chi connectivity index (χ2v) is 3.05. The Bertz CT molecular complexity index is 469. The number of nitriles is 2. The second-order valence-electron chi connectivity index (χ2n) is 3.05. The molecular weight excluding hydrogens is 198 g/mol. The van der Waals surface area contributed by atoms with E-state index in [1.54, 1.807) is 18.2 Å². The molecule has 0 atom stereocenters. The first kappa shape index (κ1) is 11.6. The molecule has 0 spiro atoms. The Hall–Kier alpha value is -2.52. The van der Waals surface area contributed by atoms with Gasteiger partial charge < -0.3 is 5.32 Å². The van der Waals surface area contributed by atoms with Crippen LogP contribution in [-0.4, -0.2) is 6.54 Å². The van der Waals surface area contributed by atoms with Crippen LogP contribution in [0, 0.1) is 22.7 Å². The standard InChI is InChI=1S/C13H11N3/c1-2-9-16-13-5-3-11(4-6-13)12(10-15)7-8-14/h2-7,16H,1,9H2/b12-7+. The molecule has 3 heteroatoms. The van der Waals surface area contributed by atoms with Crippen LogP contribution in [0.4, 0.5) is 5.69 Å². The first-order valence-electron chi connectivity index (χ1n) is 4.77. The molecule has 0 saturated carbocycles. The molecule has 1 aromatic rings. The Morgan fingerprint density at radius 1 is 1.31 bits per heavy atom. The molecule has 0 radical (unpaired) electrons. The average molecular weight is 209 g/mol. The Balaban J connectivity index is 2.87. The number of rotatable bonds is 4. The number of nitrogens with zero attached hydrogens (tertiary/aromatic N) is 2. The fourth-order valence-electron chi connectivity index (χ4n) is 1.20. The fraction of sp³-hybridized carbons (Fsp3) is 0.0769. The zero-order valence-electron chi connectivity index (χ0n) is 8.77. The van der Waals surface area contributed by atoms with Gasteiger partial charge in [-0.25, -0.2) is 0 Å². The second kappa shape index (κ2) is 6.06. The molecule has 0 heterocycles. The molecule has 1 aromatic carbocycles. The Kier molecular flexibility index (Phi) is 4.37. The first-order chi connectivity index (χ1) is 7.81. The summed E-state index contributed by atoms with van der Waals surface area (Å²) >= 11 is 0. The lowest BCUT2D eigenvalue weighted by Crippen LogP contribution is -1.97. The van der Waals surface area contributed by atoms with Crippen molar-refractivity contribution in [2.75, 3.05) is 11.9 Å². The third-order valence-corrected chi connectivity index (χ3v) is 1.98. The van der Waals surface area contributed by atoms with Gasteiger partial charge in [-0.05, 0) is 17.7 Å². The molecule has 0 aliphatic rings. The molecule has 0 fully saturated rings. The van der Waals surface area contributed by atoms with Crippen LogP contribution in [0.3, 0.4) is 0 Å². The molecule has 0 aliphatic carbocycles. The van der Waals surface area contributed by atoms with Crippen molar-refractivity contribution in [1.82, 2.24) is 0 Å². The lowest BCUT2D eigenvalue weighted by Gasteiger charge is -2.04. The summed E-state index contributed by atoms with van der Waals surface area (Å²) in [5, 5.41) is 20.4. The van der Waals surface area contributed by atoms with Crippen LogP contribution in [0.5, 0.6) is 0 Å². The van der Waals surface area contributed by atoms with Crippen LogP contribution in [0.25, 0.3) is 5.57 Å². The van der Waals surface area contributed by atoms with Crippen LogP contribution in [0.1, 0.15) is 5.56 Å². The van der Waals surface area contributed by atoms with Gasteiger partial charge in [0.2, 0.25) is 0 Å². The first-order valence-corrected chi connectivity index (χ1v) is 4.77. The molecule has 0 unspecified atom stereocenters. The molecule has 78 valence electrons. The van der Waals surface area contributed by atoms with E-state index in [0.29, 0.717) is 12.1 Å². The van der Waals surface area contributed by atoms with Gasteiger partial charge in [-0.15, -0.1) is 6.58 Å². The van der Waals surface area contributed by atoms with Gasteiger partial charge in [0.15, 0.2) is 0 Å². The number of nitrogens with one attached hydrogen (secondary N) is 1. The Morgan fingerprint density at radius 3 is 2.50 bits per heavy atom. The third-order valence-electron chi connectivity index (χ3n) is 1.98. The number of anilines is 1. The molecule has 3 nitrogen and oxygen atoms in total. The van der Waals surface area contributed by atoms with Crippen molar-refractivity contribution >= 4 is 11.3 Å². The zero-order valence-corrected chi connectivity index (χ0v) is 8.77. The van der Waals surface area contributed by atoms with Crippen molar-refractivity contribution in [2.45, 2.75) is 0 Å².